The van der Waals surface area contributed by atoms with Crippen LogP contribution in [0.5, 0.6) is 5.75 Å². The molecule has 1 heterocycles. The van der Waals surface area contributed by atoms with Crippen molar-refractivity contribution in [2.45, 2.75) is 26.2 Å². The molecule has 0 bridgehead atoms. The molecule has 0 saturated heterocycles. The topological polar surface area (TPSA) is 76.1 Å². The van der Waals surface area contributed by atoms with E-state index in [2.05, 4.69) is 41.4 Å². The zero-order chi connectivity index (χ0) is 20.1. The maximum atomic E-state index is 12.6. The van der Waals surface area contributed by atoms with Crippen LogP contribution >= 0.6 is 0 Å². The molecule has 3 rings (SSSR count). The van der Waals surface area contributed by atoms with Gasteiger partial charge in [0.2, 0.25) is 0 Å². The van der Waals surface area contributed by atoms with Gasteiger partial charge in [0.05, 0.1) is 7.11 Å². The quantitative estimate of drug-likeness (QED) is 0.670. The second kappa shape index (κ2) is 8.08. The van der Waals surface area contributed by atoms with Crippen LogP contribution in [0.1, 0.15) is 36.8 Å². The van der Waals surface area contributed by atoms with Gasteiger partial charge in [-0.1, -0.05) is 39.0 Å². The highest BCUT2D eigenvalue weighted by atomic mass is 16.5. The number of hydrogen-bond donors (Lipinski definition) is 2. The molecule has 6 nitrogen and oxygen atoms in total. The fourth-order valence-corrected chi connectivity index (χ4v) is 2.65. The summed E-state index contributed by atoms with van der Waals surface area (Å²) in [7, 11) is 1.61. The number of methoxy groups -OCH3 is 1. The maximum Gasteiger partial charge on any atom is 0.274 e. The van der Waals surface area contributed by atoms with Crippen molar-refractivity contribution >= 4 is 23.1 Å². The van der Waals surface area contributed by atoms with E-state index in [9.17, 15) is 4.79 Å². The molecule has 0 aliphatic heterocycles. The number of rotatable bonds is 5. The van der Waals surface area contributed by atoms with Gasteiger partial charge in [0.25, 0.3) is 5.91 Å². The second-order valence-corrected chi connectivity index (χ2v) is 7.43. The number of ether oxygens (including phenoxy) is 1. The molecule has 28 heavy (non-hydrogen) atoms. The first-order valence-corrected chi connectivity index (χ1v) is 9.00. The summed E-state index contributed by atoms with van der Waals surface area (Å²) in [5, 5.41) is 6.02. The predicted octanol–water partition coefficient (Wildman–Crippen LogP) is 4.78. The normalized spacial score (nSPS) is 11.0. The van der Waals surface area contributed by atoms with Crippen molar-refractivity contribution in [2.24, 2.45) is 0 Å². The molecule has 144 valence electrons. The molecule has 0 aliphatic rings. The van der Waals surface area contributed by atoms with Gasteiger partial charge in [0, 0.05) is 23.5 Å². The Morgan fingerprint density at radius 1 is 0.964 bits per heavy atom. The number of benzene rings is 2. The van der Waals surface area contributed by atoms with Crippen LogP contribution in [0, 0.1) is 0 Å². The van der Waals surface area contributed by atoms with Gasteiger partial charge in [-0.2, -0.15) is 0 Å². The van der Waals surface area contributed by atoms with E-state index in [0.29, 0.717) is 5.82 Å². The highest BCUT2D eigenvalue weighted by Gasteiger charge is 2.14. The number of aromatic nitrogens is 2. The molecule has 1 amide bonds. The van der Waals surface area contributed by atoms with Gasteiger partial charge in [0.1, 0.15) is 23.6 Å². The number of carbonyl (C=O) groups is 1. The first kappa shape index (κ1) is 19.4. The van der Waals surface area contributed by atoms with E-state index in [1.165, 1.54) is 11.9 Å². The molecule has 0 radical (unpaired) electrons. The molecule has 0 atom stereocenters. The van der Waals surface area contributed by atoms with Crippen LogP contribution in [0.4, 0.5) is 17.2 Å². The van der Waals surface area contributed by atoms with E-state index < -0.39 is 0 Å². The van der Waals surface area contributed by atoms with E-state index in [4.69, 9.17) is 4.74 Å². The highest BCUT2D eigenvalue weighted by Crippen LogP contribution is 2.24. The lowest BCUT2D eigenvalue weighted by molar-refractivity contribution is 0.102. The molecule has 6 heteroatoms. The number of amides is 1. The molecule has 0 saturated carbocycles. The van der Waals surface area contributed by atoms with Crippen molar-refractivity contribution in [1.29, 1.82) is 0 Å². The Bertz CT molecular complexity index is 963. The SMILES string of the molecule is COc1cccc(Nc2cc(C(=O)Nc3ccc(C(C)(C)C)cc3)ncn2)c1. The number of nitrogens with one attached hydrogen (secondary N) is 2. The highest BCUT2D eigenvalue weighted by molar-refractivity contribution is 6.03. The summed E-state index contributed by atoms with van der Waals surface area (Å²) in [6, 6.07) is 16.9. The van der Waals surface area contributed by atoms with Crippen molar-refractivity contribution in [3.05, 3.63) is 72.2 Å². The molecule has 0 aliphatic carbocycles. The summed E-state index contributed by atoms with van der Waals surface area (Å²) < 4.78 is 5.21. The van der Waals surface area contributed by atoms with Crippen LogP contribution in [0.15, 0.2) is 60.9 Å². The number of carbonyl (C=O) groups excluding carboxylic acids is 1. The van der Waals surface area contributed by atoms with Gasteiger partial charge < -0.3 is 15.4 Å². The first-order valence-electron chi connectivity index (χ1n) is 9.00. The van der Waals surface area contributed by atoms with Crippen LogP contribution in [-0.4, -0.2) is 23.0 Å². The molecular weight excluding hydrogens is 352 g/mol. The molecule has 0 unspecified atom stereocenters. The van der Waals surface area contributed by atoms with Gasteiger partial charge in [-0.3, -0.25) is 4.79 Å². The third kappa shape index (κ3) is 4.85. The Morgan fingerprint density at radius 3 is 2.39 bits per heavy atom. The average Bonchev–Trinajstić information content (AvgIpc) is 2.68. The predicted molar refractivity (Wildman–Crippen MR) is 111 cm³/mol. The molecule has 2 aromatic carbocycles. The lowest BCUT2D eigenvalue weighted by Crippen LogP contribution is -2.15. The van der Waals surface area contributed by atoms with Crippen molar-refractivity contribution in [2.75, 3.05) is 17.7 Å². The Hall–Kier alpha value is -3.41. The molecular formula is C22H24N4O2. The summed E-state index contributed by atoms with van der Waals surface area (Å²) in [6.07, 6.45) is 1.36. The van der Waals surface area contributed by atoms with Gasteiger partial charge in [-0.05, 0) is 35.2 Å². The Balaban J connectivity index is 1.71. The first-order chi connectivity index (χ1) is 13.3. The summed E-state index contributed by atoms with van der Waals surface area (Å²) >= 11 is 0. The van der Waals surface area contributed by atoms with Gasteiger partial charge in [-0.15, -0.1) is 0 Å². The number of nitrogens with zero attached hydrogens (tertiary/aromatic N) is 2. The van der Waals surface area contributed by atoms with Crippen LogP contribution < -0.4 is 15.4 Å². The summed E-state index contributed by atoms with van der Waals surface area (Å²) in [4.78, 5) is 20.8. The zero-order valence-corrected chi connectivity index (χ0v) is 16.5. The van der Waals surface area contributed by atoms with Crippen LogP contribution in [-0.2, 0) is 5.41 Å². The van der Waals surface area contributed by atoms with Crippen molar-refractivity contribution in [3.63, 3.8) is 0 Å². The maximum absolute atomic E-state index is 12.6. The van der Waals surface area contributed by atoms with Gasteiger partial charge >= 0.3 is 0 Å². The number of anilines is 3. The molecule has 0 spiro atoms. The van der Waals surface area contributed by atoms with E-state index in [1.54, 1.807) is 13.2 Å². The lowest BCUT2D eigenvalue weighted by atomic mass is 9.87. The minimum absolute atomic E-state index is 0.0654. The van der Waals surface area contributed by atoms with Crippen LogP contribution in [0.2, 0.25) is 0 Å². The minimum atomic E-state index is -0.292. The smallest absolute Gasteiger partial charge is 0.274 e. The van der Waals surface area contributed by atoms with E-state index in [1.807, 2.05) is 48.5 Å². The summed E-state index contributed by atoms with van der Waals surface area (Å²) in [6.45, 7) is 6.45. The monoisotopic (exact) mass is 376 g/mol. The Labute approximate surface area is 165 Å². The van der Waals surface area contributed by atoms with E-state index >= 15 is 0 Å². The minimum Gasteiger partial charge on any atom is -0.497 e. The van der Waals surface area contributed by atoms with Crippen molar-refractivity contribution in [3.8, 4) is 5.75 Å². The lowest BCUT2D eigenvalue weighted by Gasteiger charge is -2.19. The largest absolute Gasteiger partial charge is 0.497 e. The number of hydrogen-bond acceptors (Lipinski definition) is 5. The van der Waals surface area contributed by atoms with Gasteiger partial charge in [-0.25, -0.2) is 9.97 Å². The van der Waals surface area contributed by atoms with Crippen LogP contribution in [0.3, 0.4) is 0 Å². The standard InChI is InChI=1S/C22H24N4O2/c1-22(2,3)15-8-10-16(11-9-15)26-21(27)19-13-20(24-14-23-19)25-17-6-5-7-18(12-17)28-4/h5-14H,1-4H3,(H,26,27)(H,23,24,25). The van der Waals surface area contributed by atoms with Gasteiger partial charge in [0.15, 0.2) is 0 Å². The molecule has 0 fully saturated rings. The average molecular weight is 376 g/mol. The van der Waals surface area contributed by atoms with E-state index in [0.717, 1.165) is 17.1 Å². The zero-order valence-electron chi connectivity index (χ0n) is 16.5. The molecule has 3 aromatic rings. The second-order valence-electron chi connectivity index (χ2n) is 7.43. The fraction of sp³-hybridized carbons (Fsp3) is 0.227. The Kier molecular flexibility index (Phi) is 5.59. The fourth-order valence-electron chi connectivity index (χ4n) is 2.65. The van der Waals surface area contributed by atoms with E-state index in [-0.39, 0.29) is 17.0 Å². The van der Waals surface area contributed by atoms with Crippen molar-refractivity contribution in [1.82, 2.24) is 9.97 Å². The molecule has 1 aromatic heterocycles. The summed E-state index contributed by atoms with van der Waals surface area (Å²) in [5.41, 5.74) is 3.08. The summed E-state index contributed by atoms with van der Waals surface area (Å²) in [5.74, 6) is 0.965. The molecule has 2 N–H and O–H groups in total. The third-order valence-corrected chi connectivity index (χ3v) is 4.25. The Morgan fingerprint density at radius 2 is 1.71 bits per heavy atom. The van der Waals surface area contributed by atoms with Crippen molar-refractivity contribution < 1.29 is 9.53 Å². The van der Waals surface area contributed by atoms with Crippen LogP contribution in [0.25, 0.3) is 0 Å². The third-order valence-electron chi connectivity index (χ3n) is 4.25.